The SMILES string of the molecule is CC(=O)N1CCCc2cccc(O)c21.COc1cc(Nc2nc(Oc3cccc4c3N(C(C)=O)CCC4)ncc2Br)cc(C)c1OC.COc1cc(Nc2ncc(Br)c(Cl)n2)cc(C)c1OC.COc1cc(Nc2ncc(Br)c(Oc3cccc4c3N(C(C)=O)CCC4)n2)cc(C)c1OC.[H-].[Na+]. The number of anilines is 9. The van der Waals surface area contributed by atoms with Gasteiger partial charge in [0, 0.05) is 81.9 Å². The number of aryl methyl sites for hydroxylation is 6. The molecule has 0 fully saturated rings. The van der Waals surface area contributed by atoms with Gasteiger partial charge in [-0.05, 0) is 177 Å². The number of hydrogen-bond donors (Lipinski definition) is 4. The molecule has 4 N–H and O–H groups in total. The molecule has 3 aromatic heterocycles. The quantitative estimate of drug-likeness (QED) is 0.0517. The van der Waals surface area contributed by atoms with Gasteiger partial charge in [-0.3, -0.25) is 14.4 Å². The maximum absolute atomic E-state index is 12.2. The van der Waals surface area contributed by atoms with Crippen LogP contribution in [0, 0.1) is 20.8 Å². The Balaban J connectivity index is 0.000000198. The van der Waals surface area contributed by atoms with E-state index in [4.69, 9.17) is 49.5 Å². The Morgan fingerprint density at radius 1 is 0.485 bits per heavy atom. The number of methoxy groups -OCH3 is 6. The standard InChI is InChI=1S/2C24H25BrN4O4.C13H13BrClN3O2.C11H13NO2.Na.H/c1-14-11-17(12-20(31-3)22(14)32-4)27-24-26-13-18(25)23(28-24)33-19-9-5-7-16-8-6-10-29(15(2)30)21(16)19;1-14-11-17(12-20(31-3)22(14)32-4)27-23-18(25)13-26-24(28-23)33-19-9-5-7-16-8-6-10-29(15(2)30)21(16)19;1-7-4-8(5-10(19-2)11(7)20-3)17-13-16-6-9(14)12(15)18-13;1-8(13)12-7-3-5-9-4-2-6-10(14)11(9)12;;/h2*5,7,9,11-13H,6,8,10H2,1-4H3,(H,26,27,28);4-6H,1-3H3,(H,16,17,18);2,4,6,14H,3,5,7H2,1H3;;/q;;;;+1;-1. The van der Waals surface area contributed by atoms with E-state index < -0.39 is 0 Å². The monoisotopic (exact) mass is 1600 g/mol. The van der Waals surface area contributed by atoms with Gasteiger partial charge in [-0.1, -0.05) is 48.0 Å². The number of phenolic OH excluding ortho intramolecular Hbond substituents is 1. The first-order chi connectivity index (χ1) is 48.1. The van der Waals surface area contributed by atoms with Crippen molar-refractivity contribution >= 4 is 129 Å². The van der Waals surface area contributed by atoms with E-state index in [0.29, 0.717) is 113 Å². The van der Waals surface area contributed by atoms with Crippen LogP contribution in [0.4, 0.5) is 51.8 Å². The second-order valence-corrected chi connectivity index (χ2v) is 25.7. The fraction of sp³-hybridized carbons (Fsp3) is 0.292. The largest absolute Gasteiger partial charge is 1.00 e. The molecule has 3 amide bonds. The van der Waals surface area contributed by atoms with E-state index >= 15 is 0 Å². The van der Waals surface area contributed by atoms with Crippen molar-refractivity contribution in [2.75, 3.05) is 92.9 Å². The number of rotatable bonds is 16. The minimum Gasteiger partial charge on any atom is -1.00 e. The predicted octanol–water partition coefficient (Wildman–Crippen LogP) is 13.6. The number of benzene rings is 6. The number of halogens is 4. The van der Waals surface area contributed by atoms with Crippen LogP contribution in [0.15, 0.2) is 123 Å². The number of para-hydroxylation sites is 3. The van der Waals surface area contributed by atoms with Crippen molar-refractivity contribution in [1.82, 2.24) is 29.9 Å². The van der Waals surface area contributed by atoms with Crippen molar-refractivity contribution in [2.24, 2.45) is 0 Å². The van der Waals surface area contributed by atoms with Gasteiger partial charge in [-0.2, -0.15) is 15.0 Å². The molecule has 24 nitrogen and oxygen atoms in total. The first-order valence-electron chi connectivity index (χ1n) is 31.5. The van der Waals surface area contributed by atoms with E-state index in [2.05, 4.69) is 93.6 Å². The van der Waals surface area contributed by atoms with Gasteiger partial charge in [-0.15, -0.1) is 0 Å². The van der Waals surface area contributed by atoms with E-state index in [1.807, 2.05) is 106 Å². The molecule has 12 rings (SSSR count). The maximum atomic E-state index is 12.2. The number of aromatic hydroxyl groups is 1. The number of fused-ring (bicyclic) bond motifs is 3. The molecule has 101 heavy (non-hydrogen) atoms. The maximum Gasteiger partial charge on any atom is 1.00 e. The molecule has 9 aromatic rings. The summed E-state index contributed by atoms with van der Waals surface area (Å²) in [5, 5.41) is 19.6. The smallest absolute Gasteiger partial charge is 1.00 e. The molecule has 0 radical (unpaired) electrons. The van der Waals surface area contributed by atoms with E-state index in [9.17, 15) is 19.5 Å². The van der Waals surface area contributed by atoms with Gasteiger partial charge in [0.25, 0.3) is 0 Å². The Morgan fingerprint density at radius 3 is 1.32 bits per heavy atom. The van der Waals surface area contributed by atoms with Crippen molar-refractivity contribution in [3.63, 3.8) is 0 Å². The van der Waals surface area contributed by atoms with Gasteiger partial charge in [-0.25, -0.2) is 15.0 Å². The number of nitrogens with zero attached hydrogens (tertiary/aromatic N) is 9. The Hall–Kier alpha value is -8.70. The molecule has 6 aromatic carbocycles. The van der Waals surface area contributed by atoms with Crippen LogP contribution in [-0.4, -0.2) is 115 Å². The Morgan fingerprint density at radius 2 is 0.881 bits per heavy atom. The first-order valence-corrected chi connectivity index (χ1v) is 34.3. The molecule has 6 heterocycles. The second kappa shape index (κ2) is 36.3. The normalized spacial score (nSPS) is 12.4. The van der Waals surface area contributed by atoms with Crippen LogP contribution >= 0.6 is 59.4 Å². The summed E-state index contributed by atoms with van der Waals surface area (Å²) in [5.41, 5.74) is 10.6. The number of phenols is 1. The van der Waals surface area contributed by atoms with E-state index in [0.717, 1.165) is 100 Å². The van der Waals surface area contributed by atoms with Crippen LogP contribution in [0.5, 0.6) is 63.6 Å². The van der Waals surface area contributed by atoms with E-state index in [1.54, 1.807) is 95.9 Å². The number of ether oxygens (including phenoxy) is 8. The first kappa shape index (κ1) is 78.0. The van der Waals surface area contributed by atoms with Crippen LogP contribution in [0.3, 0.4) is 0 Å². The molecule has 3 aliphatic heterocycles. The number of nitrogens with one attached hydrogen (secondary N) is 3. The molecule has 0 aliphatic carbocycles. The molecular formula is C72H77Br3ClN12NaO12. The number of carbonyl (C=O) groups excluding carboxylic acids is 3. The van der Waals surface area contributed by atoms with Crippen molar-refractivity contribution in [1.29, 1.82) is 0 Å². The average molecular weight is 1600 g/mol. The van der Waals surface area contributed by atoms with Gasteiger partial charge in [0.2, 0.25) is 35.5 Å². The fourth-order valence-electron chi connectivity index (χ4n) is 11.6. The van der Waals surface area contributed by atoms with Gasteiger partial charge in [0.15, 0.2) is 51.8 Å². The second-order valence-electron chi connectivity index (χ2n) is 22.8. The van der Waals surface area contributed by atoms with Gasteiger partial charge < -0.3 is 75.1 Å². The van der Waals surface area contributed by atoms with Crippen LogP contribution in [-0.2, 0) is 33.6 Å². The minimum atomic E-state index is -0.0186. The third-order valence-corrected chi connectivity index (χ3v) is 18.2. The van der Waals surface area contributed by atoms with E-state index in [-0.39, 0.29) is 60.5 Å². The molecule has 29 heteroatoms. The zero-order chi connectivity index (χ0) is 71.9. The predicted molar refractivity (Wildman–Crippen MR) is 398 cm³/mol. The number of carbonyl (C=O) groups is 3. The van der Waals surface area contributed by atoms with Crippen molar-refractivity contribution < 1.29 is 88.4 Å². The zero-order valence-corrected chi connectivity index (χ0v) is 65.7. The fourth-order valence-corrected chi connectivity index (χ4v) is 12.5. The van der Waals surface area contributed by atoms with Gasteiger partial charge in [0.1, 0.15) is 10.9 Å². The molecule has 526 valence electrons. The Kier molecular flexibility index (Phi) is 28.0. The summed E-state index contributed by atoms with van der Waals surface area (Å²) in [6.07, 6.45) is 10.4. The zero-order valence-electron chi connectivity index (χ0n) is 59.2. The topological polar surface area (TPSA) is 268 Å². The van der Waals surface area contributed by atoms with Gasteiger partial charge >= 0.3 is 35.6 Å². The molecule has 0 spiro atoms. The van der Waals surface area contributed by atoms with Crippen molar-refractivity contribution in [3.05, 3.63) is 162 Å². The van der Waals surface area contributed by atoms with Gasteiger partial charge in [0.05, 0.1) is 85.5 Å². The molecule has 0 saturated heterocycles. The van der Waals surface area contributed by atoms with Crippen LogP contribution in [0.25, 0.3) is 0 Å². The summed E-state index contributed by atoms with van der Waals surface area (Å²) in [4.78, 5) is 66.9. The Bertz CT molecular complexity index is 4500. The third kappa shape index (κ3) is 19.3. The molecule has 0 atom stereocenters. The number of aromatic nitrogens is 6. The summed E-state index contributed by atoms with van der Waals surface area (Å²) in [6.45, 7) is 12.5. The summed E-state index contributed by atoms with van der Waals surface area (Å²) < 4.78 is 46.5. The molecule has 0 bridgehead atoms. The summed E-state index contributed by atoms with van der Waals surface area (Å²) in [5.74, 6) is 6.84. The summed E-state index contributed by atoms with van der Waals surface area (Å²) in [6, 6.07) is 28.4. The number of hydrogen-bond acceptors (Lipinski definition) is 21. The Labute approximate surface area is 640 Å². The van der Waals surface area contributed by atoms with Crippen molar-refractivity contribution in [2.45, 2.75) is 80.1 Å². The molecule has 0 saturated carbocycles. The summed E-state index contributed by atoms with van der Waals surface area (Å²) >= 11 is 16.1. The van der Waals surface area contributed by atoms with Crippen LogP contribution in [0.1, 0.15) is 74.8 Å². The van der Waals surface area contributed by atoms with E-state index in [1.165, 1.54) is 6.92 Å². The van der Waals surface area contributed by atoms with Crippen LogP contribution in [0.2, 0.25) is 5.15 Å². The number of amides is 3. The summed E-state index contributed by atoms with van der Waals surface area (Å²) in [7, 11) is 9.60. The molecular weight excluding hydrogens is 1520 g/mol. The molecule has 3 aliphatic rings. The van der Waals surface area contributed by atoms with Crippen molar-refractivity contribution in [3.8, 4) is 63.6 Å². The average Bonchev–Trinajstić information content (AvgIpc) is 0.799. The minimum absolute atomic E-state index is 0. The molecule has 0 unspecified atom stereocenters. The van der Waals surface area contributed by atoms with Crippen LogP contribution < -0.4 is 98.1 Å². The third-order valence-electron chi connectivity index (χ3n) is 16.0.